The minimum Gasteiger partial charge on any atom is -0.507 e. The predicted molar refractivity (Wildman–Crippen MR) is 203 cm³/mol. The topological polar surface area (TPSA) is 107 Å². The van der Waals surface area contributed by atoms with E-state index in [1.54, 1.807) is 60.7 Å². The number of rotatable bonds is 7. The van der Waals surface area contributed by atoms with Crippen molar-refractivity contribution in [3.8, 4) is 5.75 Å². The second kappa shape index (κ2) is 13.0. The summed E-state index contributed by atoms with van der Waals surface area (Å²) in [5, 5.41) is 13.4. The minimum absolute atomic E-state index is 0.0392. The van der Waals surface area contributed by atoms with E-state index < -0.39 is 52.6 Å². The number of carbonyl (C=O) groups excluding carboxylic acids is 4. The van der Waals surface area contributed by atoms with Crippen LogP contribution in [0.3, 0.4) is 0 Å². The van der Waals surface area contributed by atoms with Crippen molar-refractivity contribution >= 4 is 69.2 Å². The van der Waals surface area contributed by atoms with Gasteiger partial charge < -0.3 is 5.11 Å². The highest BCUT2D eigenvalue weighted by molar-refractivity contribution is 14.1. The van der Waals surface area contributed by atoms with E-state index in [0.29, 0.717) is 45.1 Å². The monoisotopic (exact) mass is 827 g/mol. The zero-order valence-electron chi connectivity index (χ0n) is 27.6. The van der Waals surface area contributed by atoms with Crippen LogP contribution in [0.1, 0.15) is 35.4 Å². The Bertz CT molecular complexity index is 2190. The Morgan fingerprint density at radius 3 is 2.33 bits per heavy atom. The van der Waals surface area contributed by atoms with Crippen molar-refractivity contribution in [3.05, 3.63) is 146 Å². The van der Waals surface area contributed by atoms with Crippen LogP contribution in [0.4, 0.5) is 15.8 Å². The molecule has 1 saturated carbocycles. The maximum absolute atomic E-state index is 15.3. The number of anilines is 2. The Morgan fingerprint density at radius 1 is 0.923 bits per heavy atom. The molecular formula is C41H32ClFIN3O5. The van der Waals surface area contributed by atoms with E-state index in [2.05, 4.69) is 34.6 Å². The van der Waals surface area contributed by atoms with Gasteiger partial charge in [0.15, 0.2) is 0 Å². The molecular weight excluding hydrogens is 796 g/mol. The van der Waals surface area contributed by atoms with Crippen molar-refractivity contribution in [2.75, 3.05) is 10.3 Å². The summed E-state index contributed by atoms with van der Waals surface area (Å²) in [7, 11) is 0. The quantitative estimate of drug-likeness (QED) is 0.112. The molecule has 11 heteroatoms. The average Bonchev–Trinajstić information content (AvgIpc) is 3.52. The normalized spacial score (nSPS) is 26.5. The summed E-state index contributed by atoms with van der Waals surface area (Å²) in [5.74, 6) is -6.30. The van der Waals surface area contributed by atoms with Gasteiger partial charge in [0, 0.05) is 20.1 Å². The Balaban J connectivity index is 1.34. The van der Waals surface area contributed by atoms with Gasteiger partial charge in [-0.15, -0.1) is 6.58 Å². The third-order valence-corrected chi connectivity index (χ3v) is 12.1. The van der Waals surface area contributed by atoms with Crippen molar-refractivity contribution < 1.29 is 28.7 Å². The number of halogens is 3. The van der Waals surface area contributed by atoms with Crippen LogP contribution in [0, 0.1) is 33.1 Å². The number of allylic oxidation sites excluding steroid dienone is 3. The standard InChI is InChI=1S/C41H32ClFIN3O5/c1-2-4-22-5-3-6-31(36(22)48)35-29-19-20-30-34(39(51)46(37(30)49)28-17-13-26(44)14-18-28)32(29)21-33-38(50)47(45-27-15-11-25(43)12-16-27)40(52)41(33,35)23-7-9-24(42)10-8-23/h2-3,5-19,30,32-35,45,48H,1,4,20-21H2/t30-,32+,33-,34-,35+,41+/m0/s1. The van der Waals surface area contributed by atoms with Crippen molar-refractivity contribution in [1.29, 1.82) is 0 Å². The number of imide groups is 2. The van der Waals surface area contributed by atoms with Gasteiger partial charge in [-0.05, 0) is 120 Å². The molecule has 6 atom stereocenters. The third-order valence-electron chi connectivity index (χ3n) is 11.2. The summed E-state index contributed by atoms with van der Waals surface area (Å²) in [4.78, 5) is 59.9. The highest BCUT2D eigenvalue weighted by Gasteiger charge is 2.70. The summed E-state index contributed by atoms with van der Waals surface area (Å²) < 4.78 is 14.8. The lowest BCUT2D eigenvalue weighted by molar-refractivity contribution is -0.138. The van der Waals surface area contributed by atoms with E-state index in [4.69, 9.17) is 11.6 Å². The fraction of sp³-hybridized carbons (Fsp3) is 0.220. The van der Waals surface area contributed by atoms with Gasteiger partial charge in [0.1, 0.15) is 11.6 Å². The maximum Gasteiger partial charge on any atom is 0.260 e. The minimum atomic E-state index is -1.60. The zero-order valence-corrected chi connectivity index (χ0v) is 30.6. The number of phenols is 1. The summed E-state index contributed by atoms with van der Waals surface area (Å²) in [6, 6.07) is 24.6. The number of fused-ring (bicyclic) bond motifs is 4. The van der Waals surface area contributed by atoms with Gasteiger partial charge in [0.2, 0.25) is 11.8 Å². The molecule has 4 aliphatic rings. The van der Waals surface area contributed by atoms with Crippen LogP contribution >= 0.6 is 34.2 Å². The molecule has 0 spiro atoms. The molecule has 2 N–H and O–H groups in total. The summed E-state index contributed by atoms with van der Waals surface area (Å²) in [6.45, 7) is 3.85. The van der Waals surface area contributed by atoms with Crippen molar-refractivity contribution in [1.82, 2.24) is 5.01 Å². The Morgan fingerprint density at radius 2 is 1.63 bits per heavy atom. The number of nitrogens with one attached hydrogen (secondary N) is 1. The van der Waals surface area contributed by atoms with E-state index in [1.807, 2.05) is 18.2 Å². The van der Waals surface area contributed by atoms with E-state index >= 15 is 4.79 Å². The van der Waals surface area contributed by atoms with E-state index in [9.17, 15) is 23.9 Å². The number of benzene rings is 4. The van der Waals surface area contributed by atoms with Gasteiger partial charge in [-0.2, -0.15) is 5.01 Å². The molecule has 2 aliphatic carbocycles. The Labute approximate surface area is 318 Å². The van der Waals surface area contributed by atoms with Crippen LogP contribution < -0.4 is 10.3 Å². The second-order valence-corrected chi connectivity index (χ2v) is 15.4. The van der Waals surface area contributed by atoms with Crippen LogP contribution in [0.5, 0.6) is 5.75 Å². The Hall–Kier alpha value is -4.81. The predicted octanol–water partition coefficient (Wildman–Crippen LogP) is 7.71. The molecule has 4 aromatic rings. The summed E-state index contributed by atoms with van der Waals surface area (Å²) >= 11 is 8.54. The lowest BCUT2D eigenvalue weighted by atomic mass is 9.49. The molecule has 0 bridgehead atoms. The third kappa shape index (κ3) is 5.13. The van der Waals surface area contributed by atoms with Crippen LogP contribution in [-0.2, 0) is 31.0 Å². The molecule has 52 heavy (non-hydrogen) atoms. The Kier molecular flexibility index (Phi) is 8.57. The molecule has 8 rings (SSSR count). The number of hydrazine groups is 1. The first kappa shape index (κ1) is 34.3. The molecule has 0 unspecified atom stereocenters. The van der Waals surface area contributed by atoms with Crippen molar-refractivity contribution in [3.63, 3.8) is 0 Å². The van der Waals surface area contributed by atoms with E-state index in [-0.39, 0.29) is 30.4 Å². The van der Waals surface area contributed by atoms with Gasteiger partial charge in [-0.1, -0.05) is 59.7 Å². The van der Waals surface area contributed by atoms with Gasteiger partial charge in [-0.25, -0.2) is 4.39 Å². The fourth-order valence-electron chi connectivity index (χ4n) is 9.01. The van der Waals surface area contributed by atoms with Crippen LogP contribution in [0.25, 0.3) is 0 Å². The molecule has 2 heterocycles. The average molecular weight is 828 g/mol. The number of phenolic OH excluding ortho intramolecular Hbond substituents is 1. The molecule has 2 aliphatic heterocycles. The number of hydrogen-bond acceptors (Lipinski definition) is 6. The second-order valence-electron chi connectivity index (χ2n) is 13.7. The number of carbonyl (C=O) groups is 4. The number of amides is 4. The van der Waals surface area contributed by atoms with Crippen LogP contribution in [0.2, 0.25) is 5.02 Å². The maximum atomic E-state index is 15.3. The van der Waals surface area contributed by atoms with Crippen molar-refractivity contribution in [2.45, 2.75) is 30.6 Å². The fourth-order valence-corrected chi connectivity index (χ4v) is 9.49. The van der Waals surface area contributed by atoms with Gasteiger partial charge in [0.05, 0.1) is 34.5 Å². The SMILES string of the molecule is C=CCc1cccc([C@H]2C3=CC[C@@H]4C(=O)N(c5ccc(I)cc5)C(=O)[C@@H]4[C@@H]3C[C@H]3C(=O)N(Nc4ccc(F)cc4)C(=O)[C@@]23c2ccc(Cl)cc2)c1O. The van der Waals surface area contributed by atoms with E-state index in [1.165, 1.54) is 29.2 Å². The lowest BCUT2D eigenvalue weighted by Crippen LogP contribution is -2.53. The van der Waals surface area contributed by atoms with E-state index in [0.717, 1.165) is 8.58 Å². The van der Waals surface area contributed by atoms with Gasteiger partial charge in [0.25, 0.3) is 11.8 Å². The zero-order chi connectivity index (χ0) is 36.5. The molecule has 2 saturated heterocycles. The molecule has 3 fully saturated rings. The highest BCUT2D eigenvalue weighted by Crippen LogP contribution is 2.65. The molecule has 262 valence electrons. The first-order valence-corrected chi connectivity index (χ1v) is 18.4. The lowest BCUT2D eigenvalue weighted by Gasteiger charge is -2.50. The number of nitrogens with zero attached hydrogens (tertiary/aromatic N) is 2. The number of para-hydroxylation sites is 1. The number of aromatic hydroxyl groups is 1. The molecule has 4 aromatic carbocycles. The number of hydrogen-bond donors (Lipinski definition) is 2. The van der Waals surface area contributed by atoms with Crippen LogP contribution in [0.15, 0.2) is 115 Å². The van der Waals surface area contributed by atoms with Gasteiger partial charge >= 0.3 is 0 Å². The molecule has 0 aromatic heterocycles. The van der Waals surface area contributed by atoms with Crippen LogP contribution in [-0.4, -0.2) is 33.7 Å². The summed E-state index contributed by atoms with van der Waals surface area (Å²) in [6.07, 6.45) is 4.29. The first-order valence-electron chi connectivity index (χ1n) is 17.0. The van der Waals surface area contributed by atoms with Crippen molar-refractivity contribution in [2.24, 2.45) is 23.7 Å². The molecule has 4 amide bonds. The smallest absolute Gasteiger partial charge is 0.260 e. The molecule has 0 radical (unpaired) electrons. The highest BCUT2D eigenvalue weighted by atomic mass is 127. The summed E-state index contributed by atoms with van der Waals surface area (Å²) in [5.41, 5.74) is 4.37. The molecule has 8 nitrogen and oxygen atoms in total. The van der Waals surface area contributed by atoms with Gasteiger partial charge in [-0.3, -0.25) is 29.5 Å². The largest absolute Gasteiger partial charge is 0.507 e. The first-order chi connectivity index (χ1) is 25.1.